The normalized spacial score (nSPS) is 13.6. The van der Waals surface area contributed by atoms with Crippen LogP contribution in [0.3, 0.4) is 0 Å². The van der Waals surface area contributed by atoms with Gasteiger partial charge in [0.1, 0.15) is 6.04 Å². The minimum absolute atomic E-state index is 0.0745. The predicted molar refractivity (Wildman–Crippen MR) is 70.4 cm³/mol. The van der Waals surface area contributed by atoms with Gasteiger partial charge >= 0.3 is 6.03 Å². The number of ether oxygens (including phenoxy) is 1. The molecule has 0 aromatic carbocycles. The van der Waals surface area contributed by atoms with Crippen LogP contribution in [-0.4, -0.2) is 55.7 Å². The van der Waals surface area contributed by atoms with Crippen molar-refractivity contribution in [3.63, 3.8) is 0 Å². The average molecular weight is 259 g/mol. The third kappa shape index (κ3) is 5.86. The van der Waals surface area contributed by atoms with Gasteiger partial charge < -0.3 is 20.3 Å². The van der Waals surface area contributed by atoms with Gasteiger partial charge in [0.25, 0.3) is 0 Å². The molecule has 3 amide bonds. The van der Waals surface area contributed by atoms with Crippen LogP contribution in [-0.2, 0) is 9.53 Å². The quantitative estimate of drug-likeness (QED) is 0.702. The largest absolute Gasteiger partial charge is 0.383 e. The SMILES string of the molecule is CCN(CC)C(=O)[C@H](C)NC(=O)N[C@@H](C)COC. The number of nitrogens with one attached hydrogen (secondary N) is 2. The van der Waals surface area contributed by atoms with Crippen LogP contribution in [0.15, 0.2) is 0 Å². The molecule has 0 radical (unpaired) electrons. The summed E-state index contributed by atoms with van der Waals surface area (Å²) in [6.45, 7) is 9.06. The zero-order valence-corrected chi connectivity index (χ0v) is 11.9. The van der Waals surface area contributed by atoms with E-state index in [0.717, 1.165) is 0 Å². The molecular formula is C12H25N3O3. The molecule has 0 heterocycles. The van der Waals surface area contributed by atoms with Crippen LogP contribution in [0.25, 0.3) is 0 Å². The van der Waals surface area contributed by atoms with Gasteiger partial charge in [-0.3, -0.25) is 4.79 Å². The maximum absolute atomic E-state index is 11.9. The lowest BCUT2D eigenvalue weighted by Crippen LogP contribution is -2.51. The van der Waals surface area contributed by atoms with Crippen LogP contribution in [0, 0.1) is 0 Å². The van der Waals surface area contributed by atoms with Gasteiger partial charge in [0.15, 0.2) is 0 Å². The van der Waals surface area contributed by atoms with Crippen molar-refractivity contribution in [1.29, 1.82) is 0 Å². The van der Waals surface area contributed by atoms with Crippen LogP contribution in [0.2, 0.25) is 0 Å². The summed E-state index contributed by atoms with van der Waals surface area (Å²) in [6, 6.07) is -0.974. The number of methoxy groups -OCH3 is 1. The Hall–Kier alpha value is -1.30. The Kier molecular flexibility index (Phi) is 8.11. The zero-order chi connectivity index (χ0) is 14.1. The summed E-state index contributed by atoms with van der Waals surface area (Å²) >= 11 is 0. The van der Waals surface area contributed by atoms with E-state index in [1.807, 2.05) is 20.8 Å². The molecular weight excluding hydrogens is 234 g/mol. The maximum atomic E-state index is 11.9. The van der Waals surface area contributed by atoms with Crippen LogP contribution >= 0.6 is 0 Å². The lowest BCUT2D eigenvalue weighted by atomic mass is 10.3. The number of carbonyl (C=O) groups excluding carboxylic acids is 2. The van der Waals surface area contributed by atoms with E-state index in [9.17, 15) is 9.59 Å². The van der Waals surface area contributed by atoms with E-state index in [0.29, 0.717) is 19.7 Å². The average Bonchev–Trinajstić information content (AvgIpc) is 2.30. The molecule has 0 aliphatic rings. The van der Waals surface area contributed by atoms with Crippen molar-refractivity contribution in [1.82, 2.24) is 15.5 Å². The smallest absolute Gasteiger partial charge is 0.315 e. The minimum atomic E-state index is -0.528. The van der Waals surface area contributed by atoms with Gasteiger partial charge in [-0.25, -0.2) is 4.79 Å². The highest BCUT2D eigenvalue weighted by Gasteiger charge is 2.20. The molecule has 0 spiro atoms. The number of rotatable bonds is 7. The maximum Gasteiger partial charge on any atom is 0.315 e. The molecule has 6 nitrogen and oxygen atoms in total. The molecule has 0 fully saturated rings. The Morgan fingerprint density at radius 2 is 1.72 bits per heavy atom. The van der Waals surface area contributed by atoms with Crippen LogP contribution in [0.4, 0.5) is 4.79 Å². The number of hydrogen-bond donors (Lipinski definition) is 2. The summed E-state index contributed by atoms with van der Waals surface area (Å²) < 4.78 is 4.91. The molecule has 18 heavy (non-hydrogen) atoms. The first kappa shape index (κ1) is 16.7. The topological polar surface area (TPSA) is 70.7 Å². The number of carbonyl (C=O) groups is 2. The summed E-state index contributed by atoms with van der Waals surface area (Å²) in [7, 11) is 1.57. The minimum Gasteiger partial charge on any atom is -0.383 e. The Morgan fingerprint density at radius 3 is 2.17 bits per heavy atom. The molecule has 2 N–H and O–H groups in total. The zero-order valence-electron chi connectivity index (χ0n) is 11.9. The highest BCUT2D eigenvalue weighted by Crippen LogP contribution is 1.95. The van der Waals surface area contributed by atoms with Gasteiger partial charge in [0.05, 0.1) is 12.6 Å². The first-order chi connectivity index (χ1) is 8.46. The molecule has 0 aliphatic heterocycles. The van der Waals surface area contributed by atoms with E-state index in [2.05, 4.69) is 10.6 Å². The van der Waals surface area contributed by atoms with Crippen molar-refractivity contribution < 1.29 is 14.3 Å². The van der Waals surface area contributed by atoms with E-state index < -0.39 is 6.04 Å². The predicted octanol–water partition coefficient (Wildman–Crippen LogP) is 0.577. The second-order valence-corrected chi connectivity index (χ2v) is 4.21. The van der Waals surface area contributed by atoms with Crippen molar-refractivity contribution in [2.24, 2.45) is 0 Å². The molecule has 0 saturated heterocycles. The van der Waals surface area contributed by atoms with E-state index in [1.165, 1.54) is 0 Å². The van der Waals surface area contributed by atoms with Crippen molar-refractivity contribution >= 4 is 11.9 Å². The summed E-state index contributed by atoms with van der Waals surface area (Å²) in [5, 5.41) is 5.32. The fourth-order valence-electron chi connectivity index (χ4n) is 1.62. The molecule has 106 valence electrons. The molecule has 0 saturated carbocycles. The van der Waals surface area contributed by atoms with E-state index >= 15 is 0 Å². The van der Waals surface area contributed by atoms with Crippen LogP contribution in [0.5, 0.6) is 0 Å². The van der Waals surface area contributed by atoms with Gasteiger partial charge in [-0.15, -0.1) is 0 Å². The van der Waals surface area contributed by atoms with E-state index in [-0.39, 0.29) is 18.0 Å². The second-order valence-electron chi connectivity index (χ2n) is 4.21. The molecule has 0 rings (SSSR count). The van der Waals surface area contributed by atoms with Crippen molar-refractivity contribution in [3.8, 4) is 0 Å². The molecule has 0 bridgehead atoms. The lowest BCUT2D eigenvalue weighted by Gasteiger charge is -2.24. The third-order valence-electron chi connectivity index (χ3n) is 2.59. The summed E-state index contributed by atoms with van der Waals surface area (Å²) in [5.41, 5.74) is 0. The van der Waals surface area contributed by atoms with Crippen molar-refractivity contribution in [2.75, 3.05) is 26.8 Å². The molecule has 6 heteroatoms. The van der Waals surface area contributed by atoms with E-state index in [1.54, 1.807) is 18.9 Å². The van der Waals surface area contributed by atoms with Crippen molar-refractivity contribution in [2.45, 2.75) is 39.8 Å². The highest BCUT2D eigenvalue weighted by atomic mass is 16.5. The second kappa shape index (κ2) is 8.74. The number of amides is 3. The Morgan fingerprint density at radius 1 is 1.17 bits per heavy atom. The monoisotopic (exact) mass is 259 g/mol. The molecule has 2 atom stereocenters. The van der Waals surface area contributed by atoms with Crippen molar-refractivity contribution in [3.05, 3.63) is 0 Å². The fourth-order valence-corrected chi connectivity index (χ4v) is 1.62. The van der Waals surface area contributed by atoms with Gasteiger partial charge in [0.2, 0.25) is 5.91 Å². The van der Waals surface area contributed by atoms with Crippen LogP contribution < -0.4 is 10.6 Å². The van der Waals surface area contributed by atoms with E-state index in [4.69, 9.17) is 4.74 Å². The summed E-state index contributed by atoms with van der Waals surface area (Å²) in [5.74, 6) is -0.0745. The number of hydrogen-bond acceptors (Lipinski definition) is 3. The number of urea groups is 1. The Balaban J connectivity index is 4.18. The standard InChI is InChI=1S/C12H25N3O3/c1-6-15(7-2)11(16)10(4)14-12(17)13-9(3)8-18-5/h9-10H,6-8H2,1-5H3,(H2,13,14,17)/t9-,10-/m0/s1. The fraction of sp³-hybridized carbons (Fsp3) is 0.833. The number of nitrogens with zero attached hydrogens (tertiary/aromatic N) is 1. The van der Waals surface area contributed by atoms with Crippen LogP contribution in [0.1, 0.15) is 27.7 Å². The molecule has 0 aromatic heterocycles. The van der Waals surface area contributed by atoms with Gasteiger partial charge in [-0.2, -0.15) is 0 Å². The Labute approximate surface area is 109 Å². The van der Waals surface area contributed by atoms with Gasteiger partial charge in [-0.05, 0) is 27.7 Å². The van der Waals surface area contributed by atoms with Gasteiger partial charge in [0, 0.05) is 20.2 Å². The lowest BCUT2D eigenvalue weighted by molar-refractivity contribution is -0.132. The highest BCUT2D eigenvalue weighted by molar-refractivity contribution is 5.86. The molecule has 0 aliphatic carbocycles. The first-order valence-corrected chi connectivity index (χ1v) is 6.30. The van der Waals surface area contributed by atoms with Gasteiger partial charge in [-0.1, -0.05) is 0 Å². The summed E-state index contributed by atoms with van der Waals surface area (Å²) in [6.07, 6.45) is 0. The third-order valence-corrected chi connectivity index (χ3v) is 2.59. The first-order valence-electron chi connectivity index (χ1n) is 6.30. The number of likely N-dealkylation sites (N-methyl/N-ethyl adjacent to an activating group) is 1. The molecule has 0 unspecified atom stereocenters. The summed E-state index contributed by atoms with van der Waals surface area (Å²) in [4.78, 5) is 25.2. The molecule has 0 aromatic rings. The Bertz CT molecular complexity index is 267.